The van der Waals surface area contributed by atoms with Crippen molar-refractivity contribution >= 4 is 22.8 Å². The lowest BCUT2D eigenvalue weighted by atomic mass is 9.56. The first-order valence-corrected chi connectivity index (χ1v) is 18.7. The Labute approximate surface area is 299 Å². The molecule has 3 heterocycles. The molecule has 1 amide bonds. The van der Waals surface area contributed by atoms with Crippen LogP contribution in [0.5, 0.6) is 5.75 Å². The minimum absolute atomic E-state index is 0.0553. The monoisotopic (exact) mass is 728 g/mol. The molecule has 2 N–H and O–H groups in total. The normalized spacial score (nSPS) is 31.9. The number of carboxylic acid groups (broad SMARTS) is 1. The number of rotatable bonds is 8. The zero-order valence-electron chi connectivity index (χ0n) is 29.4. The number of carboxylic acids is 1. The average molecular weight is 729 g/mol. The van der Waals surface area contributed by atoms with E-state index in [1.807, 2.05) is 27.8 Å². The smallest absolute Gasteiger partial charge is 0.434 e. The first kappa shape index (κ1) is 35.3. The van der Waals surface area contributed by atoms with Gasteiger partial charge in [-0.3, -0.25) is 9.69 Å². The van der Waals surface area contributed by atoms with E-state index in [0.717, 1.165) is 56.5 Å². The summed E-state index contributed by atoms with van der Waals surface area (Å²) in [5.41, 5.74) is -2.38. The molecule has 0 radical (unpaired) electrons. The van der Waals surface area contributed by atoms with E-state index in [1.54, 1.807) is 13.0 Å². The maximum Gasteiger partial charge on any atom is 0.434 e. The number of ether oxygens (including phenoxy) is 1. The molecule has 5 fully saturated rings. The molecule has 8 rings (SSSR count). The number of carbonyl (C=O) groups excluding carboxylic acids is 1. The number of hydrogen-bond acceptors (Lipinski definition) is 5. The Morgan fingerprint density at radius 3 is 2.31 bits per heavy atom. The van der Waals surface area contributed by atoms with Gasteiger partial charge in [0.1, 0.15) is 11.3 Å². The molecule has 5 unspecified atom stereocenters. The van der Waals surface area contributed by atoms with E-state index in [1.165, 1.54) is 6.07 Å². The molecule has 2 aromatic heterocycles. The molecule has 280 valence electrons. The van der Waals surface area contributed by atoms with Crippen LogP contribution in [0.1, 0.15) is 100 Å². The van der Waals surface area contributed by atoms with Gasteiger partial charge < -0.3 is 19.7 Å². The number of halogens is 5. The second kappa shape index (κ2) is 12.7. The molecule has 1 aromatic carbocycles. The summed E-state index contributed by atoms with van der Waals surface area (Å²) in [6.07, 6.45) is 4.44. The Bertz CT molecular complexity index is 1870. The van der Waals surface area contributed by atoms with Crippen LogP contribution in [0, 0.1) is 23.7 Å². The van der Waals surface area contributed by atoms with Crippen LogP contribution in [-0.4, -0.2) is 68.1 Å². The van der Waals surface area contributed by atoms with Gasteiger partial charge in [0.05, 0.1) is 36.0 Å². The standard InChI is InChI=1S/C39H45F5N4O4/c1-21-13-23-15-22(2)38(36(50)51,24(14-21)16-23)46-35(49)30-11-12-32(45-34(30)39(42,43)44)31-18-48(26-3-4-26)33-17-28(9-10-29(31)33)52-27-7-5-25(6-8-27)47-19-37(40,41)20-47/h9-12,17-18,21-27H,3-8,13-16,19-20H2,1-2H3,(H,46,49)(H,50,51). The fourth-order valence-electron chi connectivity index (χ4n) is 10.0. The molecule has 5 aliphatic rings. The lowest BCUT2D eigenvalue weighted by Crippen LogP contribution is -2.66. The van der Waals surface area contributed by atoms with Gasteiger partial charge in [-0.1, -0.05) is 13.8 Å². The first-order chi connectivity index (χ1) is 24.6. The summed E-state index contributed by atoms with van der Waals surface area (Å²) in [5, 5.41) is 13.8. The van der Waals surface area contributed by atoms with Crippen molar-refractivity contribution in [3.63, 3.8) is 0 Å². The fourth-order valence-corrected chi connectivity index (χ4v) is 10.0. The van der Waals surface area contributed by atoms with Gasteiger partial charge >= 0.3 is 12.1 Å². The molecule has 8 nitrogen and oxygen atoms in total. The van der Waals surface area contributed by atoms with Crippen molar-refractivity contribution in [3.05, 3.63) is 47.8 Å². The van der Waals surface area contributed by atoms with Crippen LogP contribution in [0.4, 0.5) is 22.0 Å². The van der Waals surface area contributed by atoms with Crippen LogP contribution in [0.3, 0.4) is 0 Å². The minimum atomic E-state index is -4.98. The van der Waals surface area contributed by atoms with Crippen LogP contribution >= 0.6 is 0 Å². The maximum atomic E-state index is 14.7. The minimum Gasteiger partial charge on any atom is -0.490 e. The number of amides is 1. The molecule has 3 aromatic rings. The molecular formula is C39H45F5N4O4. The van der Waals surface area contributed by atoms with Gasteiger partial charge in [0.25, 0.3) is 11.8 Å². The SMILES string of the molecule is CC1CC2CC(C)C(NC(=O)c3ccc(-c4cn(C5CC5)c5cc(OC6CCC(N7CC(F)(F)C7)CC6)ccc45)nc3C(F)(F)F)(C(=O)O)C(C1)C2. The first-order valence-electron chi connectivity index (χ1n) is 18.7. The topological polar surface area (TPSA) is 96.7 Å². The summed E-state index contributed by atoms with van der Waals surface area (Å²) in [5.74, 6) is -4.50. The highest BCUT2D eigenvalue weighted by Crippen LogP contribution is 2.51. The predicted molar refractivity (Wildman–Crippen MR) is 183 cm³/mol. The van der Waals surface area contributed by atoms with Crippen LogP contribution < -0.4 is 10.1 Å². The second-order valence-electron chi connectivity index (χ2n) is 16.4. The quantitative estimate of drug-likeness (QED) is 0.227. The number of pyridine rings is 1. The summed E-state index contributed by atoms with van der Waals surface area (Å²) in [4.78, 5) is 32.6. The zero-order valence-corrected chi connectivity index (χ0v) is 29.4. The molecule has 13 heteroatoms. The summed E-state index contributed by atoms with van der Waals surface area (Å²) in [6, 6.07) is 8.37. The number of nitrogens with zero attached hydrogens (tertiary/aromatic N) is 3. The number of nitrogens with one attached hydrogen (secondary N) is 1. The largest absolute Gasteiger partial charge is 0.490 e. The highest BCUT2D eigenvalue weighted by atomic mass is 19.4. The predicted octanol–water partition coefficient (Wildman–Crippen LogP) is 8.34. The van der Waals surface area contributed by atoms with Crippen LogP contribution in [0.15, 0.2) is 36.5 Å². The van der Waals surface area contributed by atoms with Gasteiger partial charge in [0.15, 0.2) is 5.69 Å². The number of alkyl halides is 5. The number of likely N-dealkylation sites (tertiary alicyclic amines) is 1. The van der Waals surface area contributed by atoms with E-state index in [2.05, 4.69) is 17.2 Å². The molecule has 5 atom stereocenters. The number of fused-ring (bicyclic) bond motifs is 3. The Kier molecular flexibility index (Phi) is 8.62. The van der Waals surface area contributed by atoms with Crippen molar-refractivity contribution in [2.24, 2.45) is 23.7 Å². The Hall–Kier alpha value is -3.74. The summed E-state index contributed by atoms with van der Waals surface area (Å²) in [7, 11) is 0. The van der Waals surface area contributed by atoms with Crippen molar-refractivity contribution in [1.82, 2.24) is 19.8 Å². The maximum absolute atomic E-state index is 14.7. The zero-order chi connectivity index (χ0) is 36.7. The molecule has 1 saturated heterocycles. The lowest BCUT2D eigenvalue weighted by Gasteiger charge is -2.52. The molecule has 4 saturated carbocycles. The van der Waals surface area contributed by atoms with E-state index < -0.39 is 46.7 Å². The van der Waals surface area contributed by atoms with Gasteiger partial charge in [-0.2, -0.15) is 13.2 Å². The summed E-state index contributed by atoms with van der Waals surface area (Å²) in [6.45, 7) is 3.46. The van der Waals surface area contributed by atoms with Crippen molar-refractivity contribution in [1.29, 1.82) is 0 Å². The third-order valence-electron chi connectivity index (χ3n) is 12.6. The van der Waals surface area contributed by atoms with E-state index in [9.17, 15) is 36.6 Å². The van der Waals surface area contributed by atoms with Crippen molar-refractivity contribution in [2.45, 2.75) is 114 Å². The van der Waals surface area contributed by atoms with Gasteiger partial charge in [-0.05, 0) is 112 Å². The third-order valence-corrected chi connectivity index (χ3v) is 12.6. The highest BCUT2D eigenvalue weighted by molar-refractivity contribution is 6.00. The number of hydrogen-bond donors (Lipinski definition) is 2. The second-order valence-corrected chi connectivity index (χ2v) is 16.4. The Balaban J connectivity index is 1.06. The number of carbonyl (C=O) groups is 2. The van der Waals surface area contributed by atoms with E-state index in [4.69, 9.17) is 4.74 Å². The van der Waals surface area contributed by atoms with E-state index >= 15 is 0 Å². The van der Waals surface area contributed by atoms with E-state index in [-0.39, 0.29) is 48.8 Å². The van der Waals surface area contributed by atoms with Crippen molar-refractivity contribution in [2.75, 3.05) is 13.1 Å². The molecule has 52 heavy (non-hydrogen) atoms. The van der Waals surface area contributed by atoms with Gasteiger partial charge in [0, 0.05) is 35.3 Å². The van der Waals surface area contributed by atoms with Crippen molar-refractivity contribution < 1.29 is 41.4 Å². The van der Waals surface area contributed by atoms with Crippen LogP contribution in [-0.2, 0) is 11.0 Å². The molecular weight excluding hydrogens is 683 g/mol. The average Bonchev–Trinajstić information content (AvgIpc) is 3.85. The Morgan fingerprint density at radius 2 is 1.65 bits per heavy atom. The lowest BCUT2D eigenvalue weighted by molar-refractivity contribution is -0.155. The molecule has 4 aliphatic carbocycles. The van der Waals surface area contributed by atoms with Gasteiger partial charge in [-0.15, -0.1) is 0 Å². The number of aromatic nitrogens is 2. The highest BCUT2D eigenvalue weighted by Gasteiger charge is 2.57. The number of aliphatic carboxylic acids is 1. The molecule has 1 aliphatic heterocycles. The summed E-state index contributed by atoms with van der Waals surface area (Å²) >= 11 is 0. The van der Waals surface area contributed by atoms with E-state index in [0.29, 0.717) is 41.9 Å². The molecule has 2 bridgehead atoms. The van der Waals surface area contributed by atoms with Crippen LogP contribution in [0.25, 0.3) is 22.2 Å². The van der Waals surface area contributed by atoms with Gasteiger partial charge in [0.2, 0.25) is 0 Å². The van der Waals surface area contributed by atoms with Crippen LogP contribution in [0.2, 0.25) is 0 Å². The molecule has 0 spiro atoms. The number of benzene rings is 1. The Morgan fingerprint density at radius 1 is 0.942 bits per heavy atom. The third kappa shape index (κ3) is 6.34. The fraction of sp³-hybridized carbons (Fsp3) is 0.615. The summed E-state index contributed by atoms with van der Waals surface area (Å²) < 4.78 is 79.3. The van der Waals surface area contributed by atoms with Crippen molar-refractivity contribution in [3.8, 4) is 17.0 Å². The van der Waals surface area contributed by atoms with Gasteiger partial charge in [-0.25, -0.2) is 18.6 Å².